The number of ether oxygens (including phenoxy) is 2. The number of nitrogens with zero attached hydrogens (tertiary/aromatic N) is 4. The van der Waals surface area contributed by atoms with Gasteiger partial charge >= 0.3 is 6.09 Å². The summed E-state index contributed by atoms with van der Waals surface area (Å²) >= 11 is 0. The average molecular weight is 540 g/mol. The summed E-state index contributed by atoms with van der Waals surface area (Å²) in [5.74, 6) is -0.450. The lowest BCUT2D eigenvalue weighted by atomic mass is 9.49. The van der Waals surface area contributed by atoms with Gasteiger partial charge in [0.2, 0.25) is 5.91 Å². The Morgan fingerprint density at radius 2 is 1.88 bits per heavy atom. The lowest BCUT2D eigenvalue weighted by molar-refractivity contribution is -0.117. The molecule has 0 bridgehead atoms. The van der Waals surface area contributed by atoms with Crippen molar-refractivity contribution >= 4 is 58.6 Å². The molecule has 0 spiro atoms. The first-order chi connectivity index (χ1) is 19.0. The van der Waals surface area contributed by atoms with E-state index in [4.69, 9.17) is 32.8 Å². The lowest BCUT2D eigenvalue weighted by Crippen LogP contribution is -2.50. The van der Waals surface area contributed by atoms with E-state index in [2.05, 4.69) is 46.3 Å². The van der Waals surface area contributed by atoms with Crippen molar-refractivity contribution in [3.05, 3.63) is 35.8 Å². The van der Waals surface area contributed by atoms with Gasteiger partial charge in [0.25, 0.3) is 11.8 Å². The molecule has 4 rings (SSSR count). The Morgan fingerprint density at radius 3 is 2.52 bits per heavy atom. The summed E-state index contributed by atoms with van der Waals surface area (Å²) in [6, 6.07) is 5.82. The number of aromatic nitrogens is 4. The van der Waals surface area contributed by atoms with Gasteiger partial charge in [-0.15, -0.1) is 10.2 Å². The molecule has 2 aromatic heterocycles. The van der Waals surface area contributed by atoms with Gasteiger partial charge in [-0.05, 0) is 31.9 Å². The molecule has 0 unspecified atom stereocenters. The zero-order valence-electron chi connectivity index (χ0n) is 21.8. The Morgan fingerprint density at radius 1 is 1.12 bits per heavy atom. The molecule has 1 aliphatic rings. The molecule has 14 nitrogen and oxygen atoms in total. The summed E-state index contributed by atoms with van der Waals surface area (Å²) in [7, 11) is 19.2. The fourth-order valence-corrected chi connectivity index (χ4v) is 3.53. The van der Waals surface area contributed by atoms with E-state index in [1.54, 1.807) is 25.1 Å². The van der Waals surface area contributed by atoms with Crippen LogP contribution in [0.4, 0.5) is 22.0 Å². The van der Waals surface area contributed by atoms with Gasteiger partial charge < -0.3 is 35.3 Å². The number of para-hydroxylation sites is 1. The molecule has 1 aliphatic carbocycles. The quantitative estimate of drug-likeness (QED) is 0.268. The number of methoxy groups -OCH3 is 2. The molecule has 1 saturated carbocycles. The highest BCUT2D eigenvalue weighted by Crippen LogP contribution is 2.38. The Bertz CT molecular complexity index is 1430. The van der Waals surface area contributed by atoms with Gasteiger partial charge in [-0.2, -0.15) is 4.98 Å². The molecule has 1 atom stereocenters. The topological polar surface area (TPSA) is 182 Å². The van der Waals surface area contributed by atoms with Gasteiger partial charge in [0, 0.05) is 12.0 Å². The predicted octanol–water partition coefficient (Wildman–Crippen LogP) is 0.891. The highest BCUT2D eigenvalue weighted by atomic mass is 16.5. The van der Waals surface area contributed by atoms with Gasteiger partial charge in [0.05, 0.1) is 60.7 Å². The third kappa shape index (κ3) is 6.90. The maximum absolute atomic E-state index is 12.8. The van der Waals surface area contributed by atoms with Crippen molar-refractivity contribution in [2.45, 2.75) is 31.0 Å². The largest absolute Gasteiger partial charge is 0.494 e. The molecule has 3 aromatic rings. The number of anilines is 3. The Kier molecular flexibility index (Phi) is 8.31. The van der Waals surface area contributed by atoms with Crippen LogP contribution in [0.5, 0.6) is 5.75 Å². The molecule has 0 aliphatic heterocycles. The highest BCUT2D eigenvalue weighted by Gasteiger charge is 2.30. The van der Waals surface area contributed by atoms with E-state index < -0.39 is 23.3 Å². The van der Waals surface area contributed by atoms with Crippen molar-refractivity contribution in [1.29, 1.82) is 0 Å². The molecule has 3 amide bonds. The molecule has 200 valence electrons. The molecule has 1 aromatic carbocycles. The van der Waals surface area contributed by atoms with Gasteiger partial charge in [0.15, 0.2) is 23.1 Å². The Labute approximate surface area is 233 Å². The molecule has 2 heterocycles. The van der Waals surface area contributed by atoms with Gasteiger partial charge in [0.1, 0.15) is 0 Å². The number of carbonyl (C=O) groups excluding carboxylic acids is 3. The number of alkyl carbamates (subject to hydrolysis) is 1. The summed E-state index contributed by atoms with van der Waals surface area (Å²) in [6.45, 7) is 1.65. The molecule has 1 fully saturated rings. The zero-order chi connectivity index (χ0) is 29.0. The van der Waals surface area contributed by atoms with Crippen molar-refractivity contribution < 1.29 is 28.4 Å². The minimum atomic E-state index is -2.03. The molecular weight excluding hydrogens is 517 g/mol. The maximum atomic E-state index is 12.8. The number of hydrogen-bond acceptors (Lipinski definition) is 11. The minimum Gasteiger partial charge on any atom is -0.494 e. The number of hydrogen-bond donors (Lipinski definition) is 4. The second-order valence-electron chi connectivity index (χ2n) is 8.97. The van der Waals surface area contributed by atoms with E-state index in [0.717, 1.165) is 12.8 Å². The molecule has 17 heteroatoms. The standard InChI is InChI=1S/C23H23B3N8O6/c1-10(27-22(37)39-3)18-30-21(40-34-18)12-5-4-6-13(17(12)38-2)28-14-9-15(29-19(35)11-7-8-11)32-33-16(14)20(36)31-23(24,25)26/h4-6,9-11H,7-8H2,1-3H3,(H,27,37)(H,31,36)(H2,28,29,32,35)/t10-/m0/s1. The van der Waals surface area contributed by atoms with Crippen LogP contribution in [-0.4, -0.2) is 81.2 Å². The van der Waals surface area contributed by atoms with E-state index in [-0.39, 0.29) is 46.5 Å². The summed E-state index contributed by atoms with van der Waals surface area (Å²) in [5.41, 5.74) is 0.670. The summed E-state index contributed by atoms with van der Waals surface area (Å²) in [5, 5.41) is 20.3. The molecular formula is C23H23B3N8O6. The smallest absolute Gasteiger partial charge is 0.407 e. The Hall–Kier alpha value is -4.56. The van der Waals surface area contributed by atoms with E-state index >= 15 is 0 Å². The second-order valence-corrected chi connectivity index (χ2v) is 8.97. The van der Waals surface area contributed by atoms with Crippen molar-refractivity contribution in [2.24, 2.45) is 5.92 Å². The molecule has 6 radical (unpaired) electrons. The van der Waals surface area contributed by atoms with Crippen LogP contribution in [0, 0.1) is 5.92 Å². The summed E-state index contributed by atoms with van der Waals surface area (Å²) < 4.78 is 15.6. The summed E-state index contributed by atoms with van der Waals surface area (Å²) in [6.07, 6.45) is 0.919. The Balaban J connectivity index is 1.68. The predicted molar refractivity (Wildman–Crippen MR) is 144 cm³/mol. The lowest BCUT2D eigenvalue weighted by Gasteiger charge is -2.23. The van der Waals surface area contributed by atoms with Crippen LogP contribution in [0.15, 0.2) is 28.8 Å². The second kappa shape index (κ2) is 11.7. The van der Waals surface area contributed by atoms with Gasteiger partial charge in [-0.3, -0.25) is 9.59 Å². The number of carbonyl (C=O) groups is 3. The number of rotatable bonds is 10. The van der Waals surface area contributed by atoms with E-state index in [1.807, 2.05) is 0 Å². The van der Waals surface area contributed by atoms with Gasteiger partial charge in [-0.1, -0.05) is 16.5 Å². The zero-order valence-corrected chi connectivity index (χ0v) is 21.8. The monoisotopic (exact) mass is 540 g/mol. The van der Waals surface area contributed by atoms with E-state index in [1.165, 1.54) is 20.3 Å². The van der Waals surface area contributed by atoms with Crippen LogP contribution in [0.25, 0.3) is 11.5 Å². The van der Waals surface area contributed by atoms with Crippen LogP contribution >= 0.6 is 0 Å². The number of benzene rings is 1. The first-order valence-electron chi connectivity index (χ1n) is 12.0. The summed E-state index contributed by atoms with van der Waals surface area (Å²) in [4.78, 5) is 41.0. The van der Waals surface area contributed by atoms with Gasteiger partial charge in [-0.25, -0.2) is 4.79 Å². The third-order valence-corrected chi connectivity index (χ3v) is 5.61. The highest BCUT2D eigenvalue weighted by molar-refractivity contribution is 6.60. The SMILES string of the molecule is [B]C([B])([B])NC(=O)c1nnc(NC(=O)C2CC2)cc1Nc1cccc(-c2nc([C@H](C)NC(=O)OC)no2)c1OC. The third-order valence-electron chi connectivity index (χ3n) is 5.61. The van der Waals surface area contributed by atoms with Crippen molar-refractivity contribution in [3.8, 4) is 17.2 Å². The van der Waals surface area contributed by atoms with Crippen LogP contribution in [-0.2, 0) is 9.53 Å². The van der Waals surface area contributed by atoms with E-state index in [9.17, 15) is 14.4 Å². The minimum absolute atomic E-state index is 0.0878. The molecule has 0 saturated heterocycles. The van der Waals surface area contributed by atoms with E-state index in [0.29, 0.717) is 11.3 Å². The van der Waals surface area contributed by atoms with Crippen molar-refractivity contribution in [2.75, 3.05) is 24.9 Å². The van der Waals surface area contributed by atoms with Crippen LogP contribution < -0.4 is 26.0 Å². The fraction of sp³-hybridized carbons (Fsp3) is 0.348. The van der Waals surface area contributed by atoms with Crippen LogP contribution in [0.3, 0.4) is 0 Å². The first-order valence-corrected chi connectivity index (χ1v) is 12.0. The van der Waals surface area contributed by atoms with Crippen LogP contribution in [0.1, 0.15) is 42.1 Å². The number of nitrogens with one attached hydrogen (secondary N) is 4. The number of amides is 3. The molecule has 4 N–H and O–H groups in total. The van der Waals surface area contributed by atoms with Crippen molar-refractivity contribution in [1.82, 2.24) is 31.0 Å². The maximum Gasteiger partial charge on any atom is 0.407 e. The normalized spacial score (nSPS) is 13.6. The first kappa shape index (κ1) is 28.5. The van der Waals surface area contributed by atoms with Crippen LogP contribution in [0.2, 0.25) is 0 Å². The average Bonchev–Trinajstić information content (AvgIpc) is 3.64. The molecule has 40 heavy (non-hydrogen) atoms. The fourth-order valence-electron chi connectivity index (χ4n) is 3.53. The van der Waals surface area contributed by atoms with Crippen molar-refractivity contribution in [3.63, 3.8) is 0 Å².